The van der Waals surface area contributed by atoms with E-state index in [0.717, 1.165) is 11.2 Å². The molecule has 3 rings (SSSR count). The Labute approximate surface area is 121 Å². The molecule has 0 saturated heterocycles. The molecule has 3 aromatic rings. The lowest BCUT2D eigenvalue weighted by Gasteiger charge is -2.15. The molecule has 21 heavy (non-hydrogen) atoms. The number of fused-ring (bicyclic) bond motifs is 1. The zero-order chi connectivity index (χ0) is 14.7. The first-order valence-electron chi connectivity index (χ1n) is 6.83. The Morgan fingerprint density at radius 1 is 1.29 bits per heavy atom. The lowest BCUT2D eigenvalue weighted by Crippen LogP contribution is -2.32. The molecule has 108 valence electrons. The predicted molar refractivity (Wildman–Crippen MR) is 76.4 cm³/mol. The van der Waals surface area contributed by atoms with Crippen LogP contribution in [0.5, 0.6) is 0 Å². The van der Waals surface area contributed by atoms with Gasteiger partial charge in [0.05, 0.1) is 6.20 Å². The van der Waals surface area contributed by atoms with Crippen LogP contribution < -0.4 is 5.32 Å². The second kappa shape index (κ2) is 5.74. The van der Waals surface area contributed by atoms with Crippen LogP contribution in [0, 0.1) is 0 Å². The fraction of sp³-hybridized carbons (Fsp3) is 0.286. The minimum Gasteiger partial charge on any atom is -0.350 e. The van der Waals surface area contributed by atoms with Gasteiger partial charge in [0, 0.05) is 36.9 Å². The summed E-state index contributed by atoms with van der Waals surface area (Å²) >= 11 is 0. The molecular formula is C14H16N6O. The van der Waals surface area contributed by atoms with Crippen molar-refractivity contribution in [3.05, 3.63) is 48.7 Å². The molecule has 0 spiro atoms. The number of carbonyl (C=O) groups excluding carboxylic acids is 1. The highest BCUT2D eigenvalue weighted by Crippen LogP contribution is 2.11. The molecule has 0 radical (unpaired) electrons. The normalized spacial score (nSPS) is 12.4. The van der Waals surface area contributed by atoms with Crippen LogP contribution in [-0.2, 0) is 11.3 Å². The molecule has 1 N–H and O–H groups in total. The zero-order valence-electron chi connectivity index (χ0n) is 11.7. The summed E-state index contributed by atoms with van der Waals surface area (Å²) in [6, 6.07) is 3.33. The maximum absolute atomic E-state index is 12.3. The number of nitrogens with zero attached hydrogens (tertiary/aromatic N) is 5. The van der Waals surface area contributed by atoms with Crippen molar-refractivity contribution in [2.75, 3.05) is 0 Å². The van der Waals surface area contributed by atoms with E-state index in [0.29, 0.717) is 13.0 Å². The first kappa shape index (κ1) is 13.3. The van der Waals surface area contributed by atoms with Crippen molar-refractivity contribution >= 4 is 11.6 Å². The molecular weight excluding hydrogens is 268 g/mol. The fourth-order valence-corrected chi connectivity index (χ4v) is 2.26. The topological polar surface area (TPSA) is 77.1 Å². The molecule has 0 fully saturated rings. The standard InChI is InChI=1S/C14H16N6O/c1-2-12(19-7-4-6-17-19)14(21)16-9-11-10-18-20-8-3-5-15-13(11)20/h3-8,10,12H,2,9H2,1H3,(H,16,21)/t12-/m0/s1. The lowest BCUT2D eigenvalue weighted by molar-refractivity contribution is -0.124. The predicted octanol–water partition coefficient (Wildman–Crippen LogP) is 1.19. The number of carbonyl (C=O) groups is 1. The zero-order valence-corrected chi connectivity index (χ0v) is 11.7. The molecule has 1 atom stereocenters. The van der Waals surface area contributed by atoms with E-state index in [4.69, 9.17) is 0 Å². The monoisotopic (exact) mass is 284 g/mol. The SMILES string of the molecule is CC[C@@H](C(=O)NCc1cnn2cccnc12)n1cccn1. The molecule has 3 heterocycles. The van der Waals surface area contributed by atoms with Crippen molar-refractivity contribution in [2.45, 2.75) is 25.9 Å². The van der Waals surface area contributed by atoms with E-state index < -0.39 is 0 Å². The van der Waals surface area contributed by atoms with Gasteiger partial charge in [-0.3, -0.25) is 9.48 Å². The van der Waals surface area contributed by atoms with E-state index in [1.807, 2.05) is 25.3 Å². The Kier molecular flexibility index (Phi) is 3.63. The summed E-state index contributed by atoms with van der Waals surface area (Å²) in [5, 5.41) is 11.3. The van der Waals surface area contributed by atoms with Crippen LogP contribution in [0.1, 0.15) is 24.9 Å². The molecule has 1 amide bonds. The Bertz CT molecular complexity index is 733. The van der Waals surface area contributed by atoms with Crippen LogP contribution in [0.15, 0.2) is 43.1 Å². The molecule has 0 aliphatic rings. The van der Waals surface area contributed by atoms with E-state index in [2.05, 4.69) is 20.5 Å². The lowest BCUT2D eigenvalue weighted by atomic mass is 10.2. The summed E-state index contributed by atoms with van der Waals surface area (Å²) in [6.07, 6.45) is 9.40. The van der Waals surface area contributed by atoms with E-state index in [1.165, 1.54) is 0 Å². The largest absolute Gasteiger partial charge is 0.350 e. The van der Waals surface area contributed by atoms with E-state index in [-0.39, 0.29) is 11.9 Å². The van der Waals surface area contributed by atoms with Gasteiger partial charge in [0.1, 0.15) is 6.04 Å². The second-order valence-corrected chi connectivity index (χ2v) is 4.69. The van der Waals surface area contributed by atoms with E-state index >= 15 is 0 Å². The number of rotatable bonds is 5. The van der Waals surface area contributed by atoms with Crippen LogP contribution in [0.3, 0.4) is 0 Å². The van der Waals surface area contributed by atoms with Crippen molar-refractivity contribution in [3.63, 3.8) is 0 Å². The fourth-order valence-electron chi connectivity index (χ4n) is 2.26. The first-order chi connectivity index (χ1) is 10.3. The summed E-state index contributed by atoms with van der Waals surface area (Å²) < 4.78 is 3.36. The smallest absolute Gasteiger partial charge is 0.245 e. The first-order valence-corrected chi connectivity index (χ1v) is 6.83. The number of hydrogen-bond acceptors (Lipinski definition) is 4. The minimum absolute atomic E-state index is 0.0588. The van der Waals surface area contributed by atoms with E-state index in [9.17, 15) is 4.79 Å². The van der Waals surface area contributed by atoms with Crippen LogP contribution in [0.2, 0.25) is 0 Å². The highest BCUT2D eigenvalue weighted by atomic mass is 16.2. The van der Waals surface area contributed by atoms with Gasteiger partial charge in [-0.05, 0) is 18.6 Å². The third kappa shape index (κ3) is 2.62. The number of hydrogen-bond donors (Lipinski definition) is 1. The maximum atomic E-state index is 12.3. The van der Waals surface area contributed by atoms with E-state index in [1.54, 1.807) is 34.0 Å². The third-order valence-corrected chi connectivity index (χ3v) is 3.34. The summed E-state index contributed by atoms with van der Waals surface area (Å²) in [6.45, 7) is 2.36. The van der Waals surface area contributed by atoms with Gasteiger partial charge in [-0.1, -0.05) is 6.92 Å². The van der Waals surface area contributed by atoms with Gasteiger partial charge in [0.25, 0.3) is 0 Å². The van der Waals surface area contributed by atoms with Crippen molar-refractivity contribution in [3.8, 4) is 0 Å². The summed E-state index contributed by atoms with van der Waals surface area (Å²) in [5.74, 6) is -0.0588. The quantitative estimate of drug-likeness (QED) is 0.763. The number of aromatic nitrogens is 5. The van der Waals surface area contributed by atoms with Gasteiger partial charge in [0.2, 0.25) is 5.91 Å². The number of amides is 1. The summed E-state index contributed by atoms with van der Waals surface area (Å²) in [7, 11) is 0. The van der Waals surface area contributed by atoms with Crippen molar-refractivity contribution in [1.82, 2.24) is 29.7 Å². The minimum atomic E-state index is -0.296. The van der Waals surface area contributed by atoms with Crippen LogP contribution in [0.25, 0.3) is 5.65 Å². The summed E-state index contributed by atoms with van der Waals surface area (Å²) in [4.78, 5) is 16.6. The molecule has 0 saturated carbocycles. The van der Waals surface area contributed by atoms with Gasteiger partial charge >= 0.3 is 0 Å². The molecule has 3 aromatic heterocycles. The van der Waals surface area contributed by atoms with Crippen molar-refractivity contribution in [1.29, 1.82) is 0 Å². The van der Waals surface area contributed by atoms with Crippen molar-refractivity contribution in [2.24, 2.45) is 0 Å². The molecule has 0 aliphatic carbocycles. The molecule has 7 heteroatoms. The van der Waals surface area contributed by atoms with Gasteiger partial charge in [0.15, 0.2) is 5.65 Å². The van der Waals surface area contributed by atoms with Crippen LogP contribution >= 0.6 is 0 Å². The van der Waals surface area contributed by atoms with Gasteiger partial charge < -0.3 is 5.32 Å². The number of nitrogens with one attached hydrogen (secondary N) is 1. The van der Waals surface area contributed by atoms with Gasteiger partial charge in [-0.25, -0.2) is 9.50 Å². The Morgan fingerprint density at radius 3 is 2.90 bits per heavy atom. The molecule has 7 nitrogen and oxygen atoms in total. The highest BCUT2D eigenvalue weighted by molar-refractivity contribution is 5.80. The second-order valence-electron chi connectivity index (χ2n) is 4.69. The average Bonchev–Trinajstić information content (AvgIpc) is 3.15. The maximum Gasteiger partial charge on any atom is 0.245 e. The molecule has 0 unspecified atom stereocenters. The Hall–Kier alpha value is -2.70. The molecule has 0 aromatic carbocycles. The summed E-state index contributed by atoms with van der Waals surface area (Å²) in [5.41, 5.74) is 1.64. The van der Waals surface area contributed by atoms with Crippen LogP contribution in [-0.4, -0.2) is 30.3 Å². The highest BCUT2D eigenvalue weighted by Gasteiger charge is 2.18. The van der Waals surface area contributed by atoms with Gasteiger partial charge in [-0.2, -0.15) is 10.2 Å². The molecule has 0 bridgehead atoms. The van der Waals surface area contributed by atoms with Crippen molar-refractivity contribution < 1.29 is 4.79 Å². The van der Waals surface area contributed by atoms with Crippen LogP contribution in [0.4, 0.5) is 0 Å². The Balaban J connectivity index is 1.71. The van der Waals surface area contributed by atoms with Gasteiger partial charge in [-0.15, -0.1) is 0 Å². The Morgan fingerprint density at radius 2 is 2.14 bits per heavy atom. The third-order valence-electron chi connectivity index (χ3n) is 3.34. The average molecular weight is 284 g/mol. The molecule has 0 aliphatic heterocycles.